The molecule has 2 heterocycles. The van der Waals surface area contributed by atoms with Gasteiger partial charge in [-0.3, -0.25) is 4.79 Å². The van der Waals surface area contributed by atoms with E-state index in [4.69, 9.17) is 0 Å². The summed E-state index contributed by atoms with van der Waals surface area (Å²) in [6, 6.07) is 3.84. The molecule has 4 nitrogen and oxygen atoms in total. The summed E-state index contributed by atoms with van der Waals surface area (Å²) in [5.41, 5.74) is 2.56. The number of aryl methyl sites for hydroxylation is 2. The van der Waals surface area contributed by atoms with Crippen molar-refractivity contribution in [2.24, 2.45) is 0 Å². The van der Waals surface area contributed by atoms with Crippen molar-refractivity contribution in [3.63, 3.8) is 0 Å². The minimum atomic E-state index is 0.0494. The summed E-state index contributed by atoms with van der Waals surface area (Å²) >= 11 is 0. The largest absolute Gasteiger partial charge is 0.335 e. The minimum Gasteiger partial charge on any atom is -0.335 e. The number of nitrogens with one attached hydrogen (secondary N) is 1. The van der Waals surface area contributed by atoms with Gasteiger partial charge in [0.1, 0.15) is 5.69 Å². The van der Waals surface area contributed by atoms with Crippen molar-refractivity contribution < 1.29 is 4.79 Å². The quantitative estimate of drug-likeness (QED) is 0.758. The summed E-state index contributed by atoms with van der Waals surface area (Å²) in [6.45, 7) is 7.19. The molecule has 4 heteroatoms. The summed E-state index contributed by atoms with van der Waals surface area (Å²) in [6.07, 6.45) is 0. The van der Waals surface area contributed by atoms with Gasteiger partial charge in [-0.05, 0) is 31.5 Å². The highest BCUT2D eigenvalue weighted by molar-refractivity contribution is 5.92. The topological polar surface area (TPSA) is 45.2 Å². The number of rotatable bonds is 1. The first-order chi connectivity index (χ1) is 7.66. The Morgan fingerprint density at radius 2 is 2.00 bits per heavy atom. The maximum Gasteiger partial charge on any atom is 0.272 e. The van der Waals surface area contributed by atoms with Gasteiger partial charge in [-0.15, -0.1) is 0 Å². The van der Waals surface area contributed by atoms with Crippen LogP contribution in [0, 0.1) is 13.8 Å². The number of carbonyl (C=O) groups is 1. The second-order valence-corrected chi connectivity index (χ2v) is 4.21. The Morgan fingerprint density at radius 1 is 1.31 bits per heavy atom. The van der Waals surface area contributed by atoms with Gasteiger partial charge >= 0.3 is 0 Å². The highest BCUT2D eigenvalue weighted by Crippen LogP contribution is 2.08. The van der Waals surface area contributed by atoms with Crippen LogP contribution in [0.5, 0.6) is 0 Å². The van der Waals surface area contributed by atoms with Crippen molar-refractivity contribution >= 4 is 5.91 Å². The zero-order valence-corrected chi connectivity index (χ0v) is 9.79. The van der Waals surface area contributed by atoms with Crippen LogP contribution in [0.4, 0.5) is 0 Å². The summed E-state index contributed by atoms with van der Waals surface area (Å²) < 4.78 is 0. The molecule has 1 aliphatic rings. The molecule has 0 spiro atoms. The molecule has 0 bridgehead atoms. The average Bonchev–Trinajstić information content (AvgIpc) is 2.28. The van der Waals surface area contributed by atoms with E-state index in [1.54, 1.807) is 0 Å². The molecule has 86 valence electrons. The number of hydrogen-bond donors (Lipinski definition) is 1. The lowest BCUT2D eigenvalue weighted by molar-refractivity contribution is 0.0729. The highest BCUT2D eigenvalue weighted by atomic mass is 16.2. The monoisotopic (exact) mass is 219 g/mol. The second-order valence-electron chi connectivity index (χ2n) is 4.21. The lowest BCUT2D eigenvalue weighted by Gasteiger charge is -2.27. The van der Waals surface area contributed by atoms with Crippen LogP contribution >= 0.6 is 0 Å². The van der Waals surface area contributed by atoms with E-state index < -0.39 is 0 Å². The maximum atomic E-state index is 12.1. The predicted molar refractivity (Wildman–Crippen MR) is 62.5 cm³/mol. The minimum absolute atomic E-state index is 0.0494. The van der Waals surface area contributed by atoms with Crippen LogP contribution in [0.15, 0.2) is 12.1 Å². The van der Waals surface area contributed by atoms with E-state index in [0.717, 1.165) is 37.4 Å². The van der Waals surface area contributed by atoms with Gasteiger partial charge in [0.25, 0.3) is 5.91 Å². The van der Waals surface area contributed by atoms with Crippen LogP contribution in [-0.4, -0.2) is 42.0 Å². The molecule has 1 saturated heterocycles. The molecule has 0 aromatic carbocycles. The van der Waals surface area contributed by atoms with Gasteiger partial charge in [0.05, 0.1) is 0 Å². The van der Waals surface area contributed by atoms with Gasteiger partial charge in [0.15, 0.2) is 0 Å². The number of pyridine rings is 1. The van der Waals surface area contributed by atoms with Crippen LogP contribution in [0.3, 0.4) is 0 Å². The molecule has 1 amide bonds. The number of aromatic nitrogens is 1. The molecular formula is C12H17N3O. The van der Waals surface area contributed by atoms with Crippen molar-refractivity contribution in [1.29, 1.82) is 0 Å². The van der Waals surface area contributed by atoms with Crippen LogP contribution in [0.1, 0.15) is 21.7 Å². The lowest BCUT2D eigenvalue weighted by Crippen LogP contribution is -2.46. The molecule has 1 fully saturated rings. The third kappa shape index (κ3) is 2.39. The van der Waals surface area contributed by atoms with Gasteiger partial charge in [0.2, 0.25) is 0 Å². The smallest absolute Gasteiger partial charge is 0.272 e. The molecule has 1 aliphatic heterocycles. The fraction of sp³-hybridized carbons (Fsp3) is 0.500. The van der Waals surface area contributed by atoms with Crippen molar-refractivity contribution in [1.82, 2.24) is 15.2 Å². The zero-order valence-electron chi connectivity index (χ0n) is 9.79. The van der Waals surface area contributed by atoms with Gasteiger partial charge in [0, 0.05) is 31.9 Å². The van der Waals surface area contributed by atoms with Gasteiger partial charge in [-0.1, -0.05) is 0 Å². The molecule has 16 heavy (non-hydrogen) atoms. The maximum absolute atomic E-state index is 12.1. The molecule has 0 unspecified atom stereocenters. The molecule has 0 radical (unpaired) electrons. The molecule has 1 aromatic rings. The number of carbonyl (C=O) groups excluding carboxylic acids is 1. The van der Waals surface area contributed by atoms with Crippen molar-refractivity contribution in [2.45, 2.75) is 13.8 Å². The molecule has 2 rings (SSSR count). The van der Waals surface area contributed by atoms with Gasteiger partial charge in [-0.2, -0.15) is 0 Å². The molecule has 0 atom stereocenters. The Bertz CT molecular complexity index is 377. The lowest BCUT2D eigenvalue weighted by atomic mass is 10.2. The summed E-state index contributed by atoms with van der Waals surface area (Å²) in [4.78, 5) is 18.3. The molecule has 1 aromatic heterocycles. The molecule has 0 aliphatic carbocycles. The fourth-order valence-corrected chi connectivity index (χ4v) is 1.98. The normalized spacial score (nSPS) is 16.2. The summed E-state index contributed by atoms with van der Waals surface area (Å²) in [7, 11) is 0. The number of hydrogen-bond acceptors (Lipinski definition) is 3. The molecule has 0 saturated carbocycles. The van der Waals surface area contributed by atoms with E-state index in [-0.39, 0.29) is 5.91 Å². The zero-order chi connectivity index (χ0) is 11.5. The Labute approximate surface area is 95.7 Å². The Kier molecular flexibility index (Phi) is 3.19. The van der Waals surface area contributed by atoms with Crippen LogP contribution < -0.4 is 5.32 Å². The average molecular weight is 219 g/mol. The van der Waals surface area contributed by atoms with E-state index >= 15 is 0 Å². The van der Waals surface area contributed by atoms with Crippen molar-refractivity contribution in [3.8, 4) is 0 Å². The number of piperazine rings is 1. The van der Waals surface area contributed by atoms with E-state index in [2.05, 4.69) is 10.3 Å². The second kappa shape index (κ2) is 4.61. The third-order valence-electron chi connectivity index (χ3n) is 2.72. The van der Waals surface area contributed by atoms with Crippen LogP contribution in [-0.2, 0) is 0 Å². The standard InChI is InChI=1S/C12H17N3O/c1-9-7-10(2)14-11(8-9)12(16)15-5-3-13-4-6-15/h7-8,13H,3-6H2,1-2H3. The summed E-state index contributed by atoms with van der Waals surface area (Å²) in [5, 5.41) is 3.23. The van der Waals surface area contributed by atoms with Crippen molar-refractivity contribution in [3.05, 3.63) is 29.1 Å². The Morgan fingerprint density at radius 3 is 2.62 bits per heavy atom. The number of amides is 1. The van der Waals surface area contributed by atoms with Gasteiger partial charge in [-0.25, -0.2) is 4.98 Å². The highest BCUT2D eigenvalue weighted by Gasteiger charge is 2.19. The van der Waals surface area contributed by atoms with Crippen LogP contribution in [0.2, 0.25) is 0 Å². The van der Waals surface area contributed by atoms with E-state index in [1.807, 2.05) is 30.9 Å². The van der Waals surface area contributed by atoms with E-state index in [0.29, 0.717) is 5.69 Å². The summed E-state index contributed by atoms with van der Waals surface area (Å²) in [5.74, 6) is 0.0494. The Hall–Kier alpha value is -1.42. The van der Waals surface area contributed by atoms with E-state index in [9.17, 15) is 4.79 Å². The first kappa shape index (κ1) is 11.1. The first-order valence-electron chi connectivity index (χ1n) is 5.62. The molecule has 1 N–H and O–H groups in total. The first-order valence-corrected chi connectivity index (χ1v) is 5.62. The fourth-order valence-electron chi connectivity index (χ4n) is 1.98. The number of nitrogens with zero attached hydrogens (tertiary/aromatic N) is 2. The molecular weight excluding hydrogens is 202 g/mol. The predicted octanol–water partition coefficient (Wildman–Crippen LogP) is 0.744. The van der Waals surface area contributed by atoms with Crippen LogP contribution in [0.25, 0.3) is 0 Å². The Balaban J connectivity index is 2.19. The SMILES string of the molecule is Cc1cc(C)nc(C(=O)N2CCNCC2)c1. The van der Waals surface area contributed by atoms with Gasteiger partial charge < -0.3 is 10.2 Å². The van der Waals surface area contributed by atoms with Crippen molar-refractivity contribution in [2.75, 3.05) is 26.2 Å². The third-order valence-corrected chi connectivity index (χ3v) is 2.72. The van der Waals surface area contributed by atoms with E-state index in [1.165, 1.54) is 0 Å².